The Labute approximate surface area is 80.1 Å². The summed E-state index contributed by atoms with van der Waals surface area (Å²) in [5, 5.41) is 7.46. The zero-order valence-electron chi connectivity index (χ0n) is 8.58. The third-order valence-corrected chi connectivity index (χ3v) is 1.73. The van der Waals surface area contributed by atoms with Crippen LogP contribution in [0, 0.1) is 0 Å². The SMILES string of the molecule is CCCCCC/C(C)=N\N=C(N)N. The van der Waals surface area contributed by atoms with Crippen LogP contribution in [-0.2, 0) is 0 Å². The van der Waals surface area contributed by atoms with E-state index in [2.05, 4.69) is 17.1 Å². The van der Waals surface area contributed by atoms with Crippen LogP contribution in [0.15, 0.2) is 10.2 Å². The highest BCUT2D eigenvalue weighted by Gasteiger charge is 1.91. The number of nitrogens with zero attached hydrogens (tertiary/aromatic N) is 2. The fourth-order valence-electron chi connectivity index (χ4n) is 1.00. The Bertz CT molecular complexity index is 180. The lowest BCUT2D eigenvalue weighted by molar-refractivity contribution is 0.682. The molecule has 0 rings (SSSR count). The minimum Gasteiger partial charge on any atom is -0.369 e. The van der Waals surface area contributed by atoms with Crippen molar-refractivity contribution in [2.45, 2.75) is 46.0 Å². The number of nitrogens with two attached hydrogens (primary N) is 2. The Morgan fingerprint density at radius 2 is 1.77 bits per heavy atom. The molecule has 0 saturated carbocycles. The molecule has 0 aromatic heterocycles. The zero-order valence-corrected chi connectivity index (χ0v) is 8.58. The minimum atomic E-state index is 0.0212. The zero-order chi connectivity index (χ0) is 10.1. The van der Waals surface area contributed by atoms with Crippen molar-refractivity contribution >= 4 is 11.7 Å². The molecule has 0 unspecified atom stereocenters. The first kappa shape index (κ1) is 11.9. The van der Waals surface area contributed by atoms with E-state index >= 15 is 0 Å². The third-order valence-electron chi connectivity index (χ3n) is 1.73. The van der Waals surface area contributed by atoms with Crippen LogP contribution >= 0.6 is 0 Å². The fourth-order valence-corrected chi connectivity index (χ4v) is 1.00. The van der Waals surface area contributed by atoms with Crippen LogP contribution in [0.3, 0.4) is 0 Å². The van der Waals surface area contributed by atoms with Crippen molar-refractivity contribution in [3.05, 3.63) is 0 Å². The van der Waals surface area contributed by atoms with Crippen LogP contribution in [0.2, 0.25) is 0 Å². The van der Waals surface area contributed by atoms with Crippen LogP contribution in [-0.4, -0.2) is 11.7 Å². The van der Waals surface area contributed by atoms with Gasteiger partial charge in [0, 0.05) is 5.71 Å². The Kier molecular flexibility index (Phi) is 6.96. The van der Waals surface area contributed by atoms with Crippen LogP contribution in [0.5, 0.6) is 0 Å². The second-order valence-corrected chi connectivity index (χ2v) is 3.17. The van der Waals surface area contributed by atoms with Gasteiger partial charge in [-0.25, -0.2) is 0 Å². The molecule has 4 nitrogen and oxygen atoms in total. The quantitative estimate of drug-likeness (QED) is 0.285. The lowest BCUT2D eigenvalue weighted by Gasteiger charge is -1.97. The topological polar surface area (TPSA) is 76.8 Å². The predicted octanol–water partition coefficient (Wildman–Crippen LogP) is 1.61. The van der Waals surface area contributed by atoms with Crippen molar-refractivity contribution < 1.29 is 0 Å². The molecule has 0 fully saturated rings. The maximum atomic E-state index is 5.14. The summed E-state index contributed by atoms with van der Waals surface area (Å²) in [4.78, 5) is 0. The molecule has 0 amide bonds. The van der Waals surface area contributed by atoms with Gasteiger partial charge in [0.1, 0.15) is 0 Å². The molecule has 0 aliphatic rings. The molecule has 76 valence electrons. The van der Waals surface area contributed by atoms with Crippen molar-refractivity contribution in [1.29, 1.82) is 0 Å². The summed E-state index contributed by atoms with van der Waals surface area (Å²) in [7, 11) is 0. The Balaban J connectivity index is 3.55. The van der Waals surface area contributed by atoms with Gasteiger partial charge in [-0.2, -0.15) is 5.10 Å². The van der Waals surface area contributed by atoms with E-state index in [1.807, 2.05) is 6.92 Å². The summed E-state index contributed by atoms with van der Waals surface area (Å²) in [5.41, 5.74) is 11.3. The number of hydrogen-bond acceptors (Lipinski definition) is 2. The second kappa shape index (κ2) is 7.58. The van der Waals surface area contributed by atoms with E-state index in [9.17, 15) is 0 Å². The van der Waals surface area contributed by atoms with Crippen LogP contribution in [0.25, 0.3) is 0 Å². The molecule has 4 N–H and O–H groups in total. The first-order valence-electron chi connectivity index (χ1n) is 4.79. The van der Waals surface area contributed by atoms with E-state index in [0.717, 1.165) is 12.1 Å². The van der Waals surface area contributed by atoms with Crippen molar-refractivity contribution in [3.8, 4) is 0 Å². The first-order valence-corrected chi connectivity index (χ1v) is 4.79. The molecule has 0 aliphatic carbocycles. The average Bonchev–Trinajstić information content (AvgIpc) is 2.09. The summed E-state index contributed by atoms with van der Waals surface area (Å²) < 4.78 is 0. The molecular weight excluding hydrogens is 164 g/mol. The van der Waals surface area contributed by atoms with Gasteiger partial charge in [0.25, 0.3) is 0 Å². The normalized spacial score (nSPS) is 11.4. The van der Waals surface area contributed by atoms with Crippen molar-refractivity contribution in [2.75, 3.05) is 0 Å². The van der Waals surface area contributed by atoms with E-state index < -0.39 is 0 Å². The van der Waals surface area contributed by atoms with Crippen LogP contribution in [0.4, 0.5) is 0 Å². The van der Waals surface area contributed by atoms with Gasteiger partial charge in [0.2, 0.25) is 5.96 Å². The van der Waals surface area contributed by atoms with Gasteiger partial charge in [-0.05, 0) is 19.8 Å². The van der Waals surface area contributed by atoms with E-state index in [-0.39, 0.29) is 5.96 Å². The highest BCUT2D eigenvalue weighted by molar-refractivity contribution is 5.83. The van der Waals surface area contributed by atoms with E-state index in [0.29, 0.717) is 0 Å². The van der Waals surface area contributed by atoms with Gasteiger partial charge in [0.15, 0.2) is 0 Å². The van der Waals surface area contributed by atoms with Gasteiger partial charge in [-0.1, -0.05) is 26.2 Å². The number of guanidine groups is 1. The standard InChI is InChI=1S/C9H20N4/c1-3-4-5-6-7-8(2)12-13-9(10)11/h3-7H2,1-2H3,(H4,10,11,13)/b12-8-. The van der Waals surface area contributed by atoms with Gasteiger partial charge in [-0.3, -0.25) is 0 Å². The van der Waals surface area contributed by atoms with Gasteiger partial charge < -0.3 is 11.5 Å². The Hall–Kier alpha value is -1.06. The summed E-state index contributed by atoms with van der Waals surface area (Å²) in [6.07, 6.45) is 5.95. The van der Waals surface area contributed by atoms with Crippen LogP contribution < -0.4 is 11.5 Å². The smallest absolute Gasteiger partial charge is 0.211 e. The molecule has 0 radical (unpaired) electrons. The number of rotatable bonds is 6. The molecule has 0 heterocycles. The van der Waals surface area contributed by atoms with Crippen molar-refractivity contribution in [3.63, 3.8) is 0 Å². The molecule has 0 spiro atoms. The summed E-state index contributed by atoms with van der Waals surface area (Å²) in [5.74, 6) is 0.0212. The maximum absolute atomic E-state index is 5.14. The van der Waals surface area contributed by atoms with Gasteiger partial charge in [0.05, 0.1) is 0 Å². The maximum Gasteiger partial charge on any atom is 0.211 e. The highest BCUT2D eigenvalue weighted by Crippen LogP contribution is 2.03. The Morgan fingerprint density at radius 1 is 1.08 bits per heavy atom. The largest absolute Gasteiger partial charge is 0.369 e. The second-order valence-electron chi connectivity index (χ2n) is 3.17. The summed E-state index contributed by atoms with van der Waals surface area (Å²) >= 11 is 0. The first-order chi connectivity index (χ1) is 6.16. The predicted molar refractivity (Wildman–Crippen MR) is 57.7 cm³/mol. The van der Waals surface area contributed by atoms with Gasteiger partial charge in [-0.15, -0.1) is 5.10 Å². The van der Waals surface area contributed by atoms with Crippen LogP contribution in [0.1, 0.15) is 46.0 Å². The Morgan fingerprint density at radius 3 is 2.31 bits per heavy atom. The molecule has 0 atom stereocenters. The van der Waals surface area contributed by atoms with E-state index in [1.54, 1.807) is 0 Å². The molecule has 0 aromatic carbocycles. The summed E-state index contributed by atoms with van der Waals surface area (Å²) in [6.45, 7) is 4.14. The van der Waals surface area contributed by atoms with E-state index in [1.165, 1.54) is 25.7 Å². The molecule has 0 aromatic rings. The molecule has 4 heteroatoms. The average molecular weight is 184 g/mol. The highest BCUT2D eigenvalue weighted by atomic mass is 15.3. The molecule has 13 heavy (non-hydrogen) atoms. The molecular formula is C9H20N4. The minimum absolute atomic E-state index is 0.0212. The fraction of sp³-hybridized carbons (Fsp3) is 0.778. The number of unbranched alkanes of at least 4 members (excludes halogenated alkanes) is 3. The molecule has 0 aliphatic heterocycles. The monoisotopic (exact) mass is 184 g/mol. The molecule has 0 saturated heterocycles. The lowest BCUT2D eigenvalue weighted by Crippen LogP contribution is -2.22. The third kappa shape index (κ3) is 8.85. The number of hydrogen-bond donors (Lipinski definition) is 2. The van der Waals surface area contributed by atoms with Crippen molar-refractivity contribution in [2.24, 2.45) is 21.7 Å². The summed E-state index contributed by atoms with van der Waals surface area (Å²) in [6, 6.07) is 0. The molecule has 0 bridgehead atoms. The lowest BCUT2D eigenvalue weighted by atomic mass is 10.1. The van der Waals surface area contributed by atoms with Crippen molar-refractivity contribution in [1.82, 2.24) is 0 Å². The van der Waals surface area contributed by atoms with E-state index in [4.69, 9.17) is 11.5 Å². The van der Waals surface area contributed by atoms with Gasteiger partial charge >= 0.3 is 0 Å².